The zero-order chi connectivity index (χ0) is 26.2. The third kappa shape index (κ3) is 5.18. The highest BCUT2D eigenvalue weighted by Gasteiger charge is 2.28. The highest BCUT2D eigenvalue weighted by Crippen LogP contribution is 2.35. The van der Waals surface area contributed by atoms with E-state index < -0.39 is 0 Å². The molecule has 1 unspecified atom stereocenters. The van der Waals surface area contributed by atoms with Crippen LogP contribution in [-0.4, -0.2) is 24.5 Å². The van der Waals surface area contributed by atoms with Crippen LogP contribution in [0.15, 0.2) is 51.8 Å². The van der Waals surface area contributed by atoms with Gasteiger partial charge in [0, 0.05) is 30.8 Å². The number of rotatable bonds is 7. The number of aldehydes is 1. The van der Waals surface area contributed by atoms with E-state index in [4.69, 9.17) is 4.42 Å². The molecule has 0 spiro atoms. The van der Waals surface area contributed by atoms with Crippen molar-refractivity contribution in [2.45, 2.75) is 59.9 Å². The Balaban J connectivity index is 1.65. The normalized spacial score (nSPS) is 16.1. The number of allylic oxidation sites excluding steroid dienone is 1. The summed E-state index contributed by atoms with van der Waals surface area (Å²) in [6.45, 7) is 16.3. The highest BCUT2D eigenvalue weighted by molar-refractivity contribution is 5.83. The van der Waals surface area contributed by atoms with Gasteiger partial charge in [-0.05, 0) is 68.4 Å². The van der Waals surface area contributed by atoms with Gasteiger partial charge in [0.25, 0.3) is 0 Å². The zero-order valence-electron chi connectivity index (χ0n) is 21.9. The van der Waals surface area contributed by atoms with Gasteiger partial charge < -0.3 is 19.7 Å². The van der Waals surface area contributed by atoms with Crippen molar-refractivity contribution >= 4 is 23.1 Å². The highest BCUT2D eigenvalue weighted by atomic mass is 16.4. The molecule has 3 aromatic rings. The van der Waals surface area contributed by atoms with Crippen molar-refractivity contribution in [1.82, 2.24) is 5.32 Å². The standard InChI is InChI=1S/C30H36N2O4/c1-18-13-24(21(4)31-19(2)15-22-7-8-26(34)23(16-22)17-33)28-25(14-18)27(35)20(3)29(36-28)32-11-9-30(5,6)10-12-32/h7-8,13-14,16-17,21,31,34H,2,9-12,15H2,1,3-6H3. The van der Waals surface area contributed by atoms with Gasteiger partial charge in [0.1, 0.15) is 11.3 Å². The second kappa shape index (κ2) is 9.84. The maximum absolute atomic E-state index is 13.4. The van der Waals surface area contributed by atoms with Gasteiger partial charge in [-0.3, -0.25) is 9.59 Å². The quantitative estimate of drug-likeness (QED) is 0.399. The Labute approximate surface area is 212 Å². The lowest BCUT2D eigenvalue weighted by atomic mass is 9.82. The van der Waals surface area contributed by atoms with E-state index in [-0.39, 0.29) is 22.8 Å². The topological polar surface area (TPSA) is 82.8 Å². The van der Waals surface area contributed by atoms with Crippen molar-refractivity contribution in [3.8, 4) is 5.75 Å². The Morgan fingerprint density at radius 2 is 1.92 bits per heavy atom. The smallest absolute Gasteiger partial charge is 0.202 e. The second-order valence-electron chi connectivity index (χ2n) is 10.9. The van der Waals surface area contributed by atoms with Crippen LogP contribution in [0.2, 0.25) is 0 Å². The molecule has 6 heteroatoms. The molecule has 1 fully saturated rings. The van der Waals surface area contributed by atoms with E-state index in [1.54, 1.807) is 12.1 Å². The van der Waals surface area contributed by atoms with Gasteiger partial charge in [-0.25, -0.2) is 0 Å². The fourth-order valence-corrected chi connectivity index (χ4v) is 4.98. The van der Waals surface area contributed by atoms with E-state index in [1.807, 2.05) is 26.8 Å². The number of carbonyl (C=O) groups is 1. The molecule has 1 atom stereocenters. The Bertz CT molecular complexity index is 1380. The molecule has 0 aliphatic carbocycles. The molecule has 1 saturated heterocycles. The van der Waals surface area contributed by atoms with Gasteiger partial charge in [0.15, 0.2) is 11.7 Å². The molecule has 1 aliphatic heterocycles. The van der Waals surface area contributed by atoms with Crippen LogP contribution in [0.3, 0.4) is 0 Å². The number of nitrogens with one attached hydrogen (secondary N) is 1. The molecule has 0 bridgehead atoms. The minimum atomic E-state index is -0.165. The number of aromatic hydroxyl groups is 1. The van der Waals surface area contributed by atoms with Crippen LogP contribution in [0.1, 0.15) is 72.3 Å². The summed E-state index contributed by atoms with van der Waals surface area (Å²) in [7, 11) is 0. The zero-order valence-corrected chi connectivity index (χ0v) is 21.9. The lowest BCUT2D eigenvalue weighted by Crippen LogP contribution is -2.38. The molecular weight excluding hydrogens is 452 g/mol. The number of piperidine rings is 1. The molecule has 1 aliphatic rings. The molecule has 2 heterocycles. The van der Waals surface area contributed by atoms with Gasteiger partial charge >= 0.3 is 0 Å². The monoisotopic (exact) mass is 488 g/mol. The molecule has 36 heavy (non-hydrogen) atoms. The first-order chi connectivity index (χ1) is 17.0. The van der Waals surface area contributed by atoms with E-state index in [2.05, 4.69) is 36.7 Å². The van der Waals surface area contributed by atoms with Gasteiger partial charge in [-0.2, -0.15) is 0 Å². The molecular formula is C30H36N2O4. The number of phenols is 1. The van der Waals surface area contributed by atoms with Crippen LogP contribution >= 0.6 is 0 Å². The first-order valence-electron chi connectivity index (χ1n) is 12.5. The maximum Gasteiger partial charge on any atom is 0.202 e. The molecule has 0 amide bonds. The van der Waals surface area contributed by atoms with E-state index in [9.17, 15) is 14.7 Å². The van der Waals surface area contributed by atoms with Crippen LogP contribution in [0.4, 0.5) is 5.88 Å². The second-order valence-corrected chi connectivity index (χ2v) is 10.9. The molecule has 0 radical (unpaired) electrons. The summed E-state index contributed by atoms with van der Waals surface area (Å²) in [6.07, 6.45) is 3.24. The molecule has 2 aromatic carbocycles. The van der Waals surface area contributed by atoms with Gasteiger partial charge in [-0.1, -0.05) is 32.6 Å². The summed E-state index contributed by atoms with van der Waals surface area (Å²) in [5, 5.41) is 13.8. The van der Waals surface area contributed by atoms with Crippen molar-refractivity contribution in [2.24, 2.45) is 5.41 Å². The third-order valence-corrected chi connectivity index (χ3v) is 7.29. The van der Waals surface area contributed by atoms with Crippen LogP contribution in [-0.2, 0) is 6.42 Å². The number of aryl methyl sites for hydroxylation is 1. The SMILES string of the molecule is C=C(Cc1ccc(O)c(C=O)c1)NC(C)c1cc(C)cc2c(=O)c(C)c(N3CCC(C)(C)CC3)oc12. The number of anilines is 1. The summed E-state index contributed by atoms with van der Waals surface area (Å²) in [6, 6.07) is 8.75. The number of benzene rings is 2. The van der Waals surface area contributed by atoms with E-state index in [1.165, 1.54) is 6.07 Å². The molecule has 0 saturated carbocycles. The number of hydrogen-bond donors (Lipinski definition) is 2. The van der Waals surface area contributed by atoms with Crippen LogP contribution in [0.25, 0.3) is 11.0 Å². The minimum Gasteiger partial charge on any atom is -0.507 e. The van der Waals surface area contributed by atoms with Crippen molar-refractivity contribution in [1.29, 1.82) is 0 Å². The predicted octanol–water partition coefficient (Wildman–Crippen LogP) is 5.96. The Hall–Kier alpha value is -3.54. The van der Waals surface area contributed by atoms with E-state index in [0.717, 1.165) is 48.3 Å². The predicted molar refractivity (Wildman–Crippen MR) is 145 cm³/mol. The molecule has 6 nitrogen and oxygen atoms in total. The average Bonchev–Trinajstić information content (AvgIpc) is 2.82. The number of carbonyl (C=O) groups excluding carboxylic acids is 1. The fraction of sp³-hybridized carbons (Fsp3) is 0.400. The average molecular weight is 489 g/mol. The van der Waals surface area contributed by atoms with E-state index >= 15 is 0 Å². The van der Waals surface area contributed by atoms with Gasteiger partial charge in [0.05, 0.1) is 22.6 Å². The maximum atomic E-state index is 13.4. The Morgan fingerprint density at radius 3 is 2.58 bits per heavy atom. The van der Waals surface area contributed by atoms with Crippen molar-refractivity contribution in [2.75, 3.05) is 18.0 Å². The Kier molecular flexibility index (Phi) is 6.98. The number of fused-ring (bicyclic) bond motifs is 1. The first kappa shape index (κ1) is 25.5. The number of hydrogen-bond acceptors (Lipinski definition) is 6. The third-order valence-electron chi connectivity index (χ3n) is 7.29. The van der Waals surface area contributed by atoms with Crippen molar-refractivity contribution < 1.29 is 14.3 Å². The minimum absolute atomic E-state index is 0.0116. The van der Waals surface area contributed by atoms with Crippen LogP contribution in [0, 0.1) is 19.3 Å². The largest absolute Gasteiger partial charge is 0.507 e. The fourth-order valence-electron chi connectivity index (χ4n) is 4.98. The number of nitrogens with zero attached hydrogens (tertiary/aromatic N) is 1. The van der Waals surface area contributed by atoms with Crippen LogP contribution < -0.4 is 15.6 Å². The number of phenolic OH excluding ortho intramolecular Hbond substituents is 1. The van der Waals surface area contributed by atoms with Gasteiger partial charge in [0.2, 0.25) is 5.88 Å². The summed E-state index contributed by atoms with van der Waals surface area (Å²) in [5.41, 5.74) is 5.34. The summed E-state index contributed by atoms with van der Waals surface area (Å²) in [5.74, 6) is 0.634. The molecule has 190 valence electrons. The first-order valence-corrected chi connectivity index (χ1v) is 12.5. The molecule has 2 N–H and O–H groups in total. The summed E-state index contributed by atoms with van der Waals surface area (Å²) >= 11 is 0. The van der Waals surface area contributed by atoms with Crippen LogP contribution in [0.5, 0.6) is 5.75 Å². The van der Waals surface area contributed by atoms with Gasteiger partial charge in [-0.15, -0.1) is 0 Å². The lowest BCUT2D eigenvalue weighted by molar-refractivity contribution is 0.112. The van der Waals surface area contributed by atoms with Crippen molar-refractivity contribution in [3.05, 3.63) is 80.6 Å². The lowest BCUT2D eigenvalue weighted by Gasteiger charge is -2.37. The summed E-state index contributed by atoms with van der Waals surface area (Å²) < 4.78 is 6.52. The molecule has 1 aromatic heterocycles. The van der Waals surface area contributed by atoms with Crippen molar-refractivity contribution in [3.63, 3.8) is 0 Å². The summed E-state index contributed by atoms with van der Waals surface area (Å²) in [4.78, 5) is 26.8. The van der Waals surface area contributed by atoms with E-state index in [0.29, 0.717) is 40.5 Å². The Morgan fingerprint density at radius 1 is 1.22 bits per heavy atom. The molecule has 4 rings (SSSR count).